The molecule has 3 aromatic rings. The van der Waals surface area contributed by atoms with Gasteiger partial charge in [-0.25, -0.2) is 9.97 Å². The molecule has 1 aliphatic carbocycles. The second-order valence-corrected chi connectivity index (χ2v) is 9.48. The van der Waals surface area contributed by atoms with Gasteiger partial charge in [-0.15, -0.1) is 21.5 Å². The van der Waals surface area contributed by atoms with Crippen LogP contribution in [-0.2, 0) is 24.1 Å². The van der Waals surface area contributed by atoms with Crippen molar-refractivity contribution < 1.29 is 4.74 Å². The Hall–Kier alpha value is -1.71. The zero-order valence-corrected chi connectivity index (χ0v) is 17.9. The molecule has 0 amide bonds. The highest BCUT2D eigenvalue weighted by Gasteiger charge is 2.25. The van der Waals surface area contributed by atoms with Gasteiger partial charge < -0.3 is 9.64 Å². The average Bonchev–Trinajstić information content (AvgIpc) is 3.29. The second kappa shape index (κ2) is 7.61. The first-order valence-electron chi connectivity index (χ1n) is 9.93. The molecule has 0 spiro atoms. The molecule has 4 heterocycles. The molecule has 9 heteroatoms. The van der Waals surface area contributed by atoms with E-state index in [1.807, 2.05) is 11.3 Å². The molecule has 0 saturated carbocycles. The number of thiophene rings is 1. The molecule has 1 fully saturated rings. The normalized spacial score (nSPS) is 19.9. The van der Waals surface area contributed by atoms with Crippen LogP contribution in [-0.4, -0.2) is 51.0 Å². The fraction of sp³-hybridized carbons (Fsp3) is 0.579. The molecule has 1 atom stereocenters. The highest BCUT2D eigenvalue weighted by atomic mass is 32.2. The van der Waals surface area contributed by atoms with Gasteiger partial charge in [-0.1, -0.05) is 6.92 Å². The van der Waals surface area contributed by atoms with Crippen molar-refractivity contribution in [1.82, 2.24) is 24.7 Å². The van der Waals surface area contributed by atoms with E-state index in [4.69, 9.17) is 4.74 Å². The molecule has 1 aliphatic heterocycles. The minimum absolute atomic E-state index is 0.741. The van der Waals surface area contributed by atoms with E-state index in [1.54, 1.807) is 18.1 Å². The zero-order valence-electron chi connectivity index (χ0n) is 16.2. The van der Waals surface area contributed by atoms with Gasteiger partial charge in [0.15, 0.2) is 5.16 Å². The van der Waals surface area contributed by atoms with Crippen molar-refractivity contribution in [2.45, 2.75) is 49.8 Å². The Balaban J connectivity index is 1.51. The van der Waals surface area contributed by atoms with Crippen LogP contribution in [0.5, 0.6) is 0 Å². The van der Waals surface area contributed by atoms with Crippen LogP contribution in [0.3, 0.4) is 0 Å². The molecule has 0 N–H and O–H groups in total. The number of rotatable bonds is 4. The predicted octanol–water partition coefficient (Wildman–Crippen LogP) is 3.42. The van der Waals surface area contributed by atoms with Crippen molar-refractivity contribution in [3.63, 3.8) is 0 Å². The molecule has 1 unspecified atom stereocenters. The lowest BCUT2D eigenvalue weighted by Gasteiger charge is -2.27. The molecule has 7 nitrogen and oxygen atoms in total. The largest absolute Gasteiger partial charge is 0.378 e. The maximum Gasteiger partial charge on any atom is 0.228 e. The van der Waals surface area contributed by atoms with Crippen LogP contribution in [0.4, 0.5) is 5.95 Å². The second-order valence-electron chi connectivity index (χ2n) is 7.44. The maximum absolute atomic E-state index is 5.48. The predicted molar refractivity (Wildman–Crippen MR) is 111 cm³/mol. The number of morpholine rings is 1. The van der Waals surface area contributed by atoms with E-state index in [2.05, 4.69) is 43.5 Å². The van der Waals surface area contributed by atoms with E-state index in [0.29, 0.717) is 0 Å². The fourth-order valence-corrected chi connectivity index (χ4v) is 6.45. The van der Waals surface area contributed by atoms with Crippen LogP contribution < -0.4 is 4.90 Å². The summed E-state index contributed by atoms with van der Waals surface area (Å²) in [5, 5.41) is 12.1. The van der Waals surface area contributed by atoms with Gasteiger partial charge in [0.2, 0.25) is 5.95 Å². The first kappa shape index (κ1) is 18.3. The van der Waals surface area contributed by atoms with Crippen molar-refractivity contribution >= 4 is 39.3 Å². The summed E-state index contributed by atoms with van der Waals surface area (Å²) in [6.07, 6.45) is 5.21. The van der Waals surface area contributed by atoms with Crippen molar-refractivity contribution in [3.05, 3.63) is 16.8 Å². The van der Waals surface area contributed by atoms with Crippen LogP contribution in [0.2, 0.25) is 0 Å². The highest BCUT2D eigenvalue weighted by molar-refractivity contribution is 7.99. The van der Waals surface area contributed by atoms with Crippen molar-refractivity contribution in [1.29, 1.82) is 0 Å². The Morgan fingerprint density at radius 1 is 1.25 bits per heavy atom. The third-order valence-corrected chi connectivity index (χ3v) is 7.70. The van der Waals surface area contributed by atoms with Crippen LogP contribution >= 0.6 is 23.1 Å². The van der Waals surface area contributed by atoms with E-state index < -0.39 is 0 Å². The number of hydrogen-bond acceptors (Lipinski definition) is 8. The summed E-state index contributed by atoms with van der Waals surface area (Å²) in [4.78, 5) is 14.1. The molecule has 5 rings (SSSR count). The van der Waals surface area contributed by atoms with E-state index in [-0.39, 0.29) is 0 Å². The summed E-state index contributed by atoms with van der Waals surface area (Å²) >= 11 is 3.46. The van der Waals surface area contributed by atoms with Gasteiger partial charge in [0, 0.05) is 29.9 Å². The van der Waals surface area contributed by atoms with Gasteiger partial charge in [-0.3, -0.25) is 4.57 Å². The lowest BCUT2D eigenvalue weighted by atomic mass is 9.89. The summed E-state index contributed by atoms with van der Waals surface area (Å²) in [5.74, 6) is 1.68. The monoisotopic (exact) mass is 416 g/mol. The Morgan fingerprint density at radius 3 is 2.93 bits per heavy atom. The number of aromatic nitrogens is 5. The Kier molecular flexibility index (Phi) is 4.98. The van der Waals surface area contributed by atoms with E-state index in [9.17, 15) is 0 Å². The lowest BCUT2D eigenvalue weighted by Crippen LogP contribution is -2.38. The van der Waals surface area contributed by atoms with Gasteiger partial charge in [0.25, 0.3) is 0 Å². The summed E-state index contributed by atoms with van der Waals surface area (Å²) in [6, 6.07) is 0. The summed E-state index contributed by atoms with van der Waals surface area (Å²) < 4.78 is 7.66. The molecule has 2 aliphatic rings. The van der Waals surface area contributed by atoms with E-state index in [1.165, 1.54) is 22.2 Å². The lowest BCUT2D eigenvalue weighted by molar-refractivity contribution is 0.121. The molecular formula is C19H24N6OS2. The molecule has 0 radical (unpaired) electrons. The summed E-state index contributed by atoms with van der Waals surface area (Å²) in [6.45, 7) is 8.51. The van der Waals surface area contributed by atoms with Gasteiger partial charge in [-0.2, -0.15) is 0 Å². The molecule has 148 valence electrons. The van der Waals surface area contributed by atoms with Crippen molar-refractivity contribution in [2.75, 3.05) is 31.2 Å². The van der Waals surface area contributed by atoms with E-state index >= 15 is 0 Å². The third-order valence-electron chi connectivity index (χ3n) is 5.55. The minimum atomic E-state index is 0.741. The SMILES string of the molecule is CCn1c(Sc2ncnc3sc4c(c23)CCC(C)C4)nnc1N1CCOCC1. The van der Waals surface area contributed by atoms with Crippen molar-refractivity contribution in [3.8, 4) is 0 Å². The fourth-order valence-electron chi connectivity index (χ4n) is 4.04. The van der Waals surface area contributed by atoms with Crippen LogP contribution in [0, 0.1) is 5.92 Å². The molecular weight excluding hydrogens is 392 g/mol. The standard InChI is InChI=1S/C19H24N6OS2/c1-3-25-18(24-6-8-26-9-7-24)22-23-19(25)28-17-15-13-5-4-12(2)10-14(13)27-16(15)20-11-21-17/h11-12H,3-10H2,1-2H3. The molecule has 0 aromatic carbocycles. The maximum atomic E-state index is 5.48. The van der Waals surface area contributed by atoms with Crippen LogP contribution in [0.1, 0.15) is 30.7 Å². The number of ether oxygens (including phenoxy) is 1. The molecule has 0 bridgehead atoms. The van der Waals surface area contributed by atoms with Crippen molar-refractivity contribution in [2.24, 2.45) is 5.92 Å². The topological polar surface area (TPSA) is 69.0 Å². The molecule has 1 saturated heterocycles. The quantitative estimate of drug-likeness (QED) is 0.604. The number of hydrogen-bond donors (Lipinski definition) is 0. The molecule has 28 heavy (non-hydrogen) atoms. The first-order valence-corrected chi connectivity index (χ1v) is 11.6. The van der Waals surface area contributed by atoms with Crippen LogP contribution in [0.25, 0.3) is 10.2 Å². The number of anilines is 1. The Morgan fingerprint density at radius 2 is 2.11 bits per heavy atom. The Labute approximate surface area is 172 Å². The highest BCUT2D eigenvalue weighted by Crippen LogP contribution is 2.42. The number of aryl methyl sites for hydroxylation is 1. The third kappa shape index (κ3) is 3.19. The van der Waals surface area contributed by atoms with Crippen LogP contribution in [0.15, 0.2) is 16.5 Å². The molecule has 3 aromatic heterocycles. The van der Waals surface area contributed by atoms with Gasteiger partial charge in [-0.05, 0) is 49.4 Å². The van der Waals surface area contributed by atoms with Gasteiger partial charge in [0.1, 0.15) is 16.2 Å². The number of nitrogens with zero attached hydrogens (tertiary/aromatic N) is 6. The summed E-state index contributed by atoms with van der Waals surface area (Å²) in [7, 11) is 0. The van der Waals surface area contributed by atoms with Gasteiger partial charge in [0.05, 0.1) is 13.2 Å². The van der Waals surface area contributed by atoms with Gasteiger partial charge >= 0.3 is 0 Å². The smallest absolute Gasteiger partial charge is 0.228 e. The average molecular weight is 417 g/mol. The van der Waals surface area contributed by atoms with E-state index in [0.717, 1.165) is 72.6 Å². The number of fused-ring (bicyclic) bond motifs is 3. The summed E-state index contributed by atoms with van der Waals surface area (Å²) in [5.41, 5.74) is 1.46. The minimum Gasteiger partial charge on any atom is -0.378 e. The zero-order chi connectivity index (χ0) is 19.1. The first-order chi connectivity index (χ1) is 13.7. The Bertz CT molecular complexity index is 994.